The molecule has 2 atom stereocenters. The Kier molecular flexibility index (Phi) is 9.83. The summed E-state index contributed by atoms with van der Waals surface area (Å²) in [6, 6.07) is 7.59. The highest BCUT2D eigenvalue weighted by Crippen LogP contribution is 2.52. The molecule has 0 radical (unpaired) electrons. The first-order valence-electron chi connectivity index (χ1n) is 17.2. The minimum atomic E-state index is -1.24. The first kappa shape index (κ1) is 36.7. The van der Waals surface area contributed by atoms with Crippen molar-refractivity contribution in [2.45, 2.75) is 58.8 Å². The number of esters is 3. The van der Waals surface area contributed by atoms with Crippen molar-refractivity contribution in [2.24, 2.45) is 5.92 Å². The molecule has 12 nitrogen and oxygen atoms in total. The van der Waals surface area contributed by atoms with Gasteiger partial charge in [-0.3, -0.25) is 19.4 Å². The molecule has 12 heteroatoms. The lowest BCUT2D eigenvalue weighted by atomic mass is 9.64. The smallest absolute Gasteiger partial charge is 0.332 e. The summed E-state index contributed by atoms with van der Waals surface area (Å²) < 4.78 is 15.1. The molecule has 0 fully saturated rings. The van der Waals surface area contributed by atoms with Crippen molar-refractivity contribution in [1.29, 1.82) is 0 Å². The summed E-state index contributed by atoms with van der Waals surface area (Å²) in [5.74, 6) is -3.86. The molecule has 1 aliphatic carbocycles. The highest BCUT2D eigenvalue weighted by molar-refractivity contribution is 6.01. The zero-order valence-electron chi connectivity index (χ0n) is 30.9. The SMILES string of the molecule is C=Cc1c(C)c2cc3nc(cc4[nH]c(cc5nc(cc1[nH]2)C(C)=C5CCC(=O)OC)c(CCC(=O)OC)c4C)C1(C)C3=CC=C(C(=O)O)C1C(=O)OC. The fourth-order valence-electron chi connectivity index (χ4n) is 7.67. The Morgan fingerprint density at radius 1 is 0.811 bits per heavy atom. The molecule has 0 saturated heterocycles. The maximum Gasteiger partial charge on any atom is 0.332 e. The summed E-state index contributed by atoms with van der Waals surface area (Å²) in [4.78, 5) is 68.0. The number of methoxy groups -OCH3 is 3. The number of H-pyrrole nitrogens is 2. The van der Waals surface area contributed by atoms with Gasteiger partial charge in [-0.15, -0.1) is 0 Å². The van der Waals surface area contributed by atoms with Crippen LogP contribution in [0, 0.1) is 19.8 Å². The van der Waals surface area contributed by atoms with Crippen LogP contribution in [0.5, 0.6) is 0 Å². The Morgan fingerprint density at radius 3 is 2.08 bits per heavy atom. The van der Waals surface area contributed by atoms with Gasteiger partial charge in [0.2, 0.25) is 0 Å². The van der Waals surface area contributed by atoms with E-state index in [1.165, 1.54) is 27.4 Å². The van der Waals surface area contributed by atoms with Crippen LogP contribution in [-0.4, -0.2) is 70.2 Å². The number of aliphatic carboxylic acids is 1. The maximum absolute atomic E-state index is 13.5. The molecule has 3 aromatic heterocycles. The predicted octanol–water partition coefficient (Wildman–Crippen LogP) is 6.72. The Balaban J connectivity index is 1.77. The lowest BCUT2D eigenvalue weighted by Gasteiger charge is -2.36. The number of aryl methyl sites for hydroxylation is 3. The van der Waals surface area contributed by atoms with Crippen LogP contribution in [0.25, 0.3) is 44.9 Å². The van der Waals surface area contributed by atoms with Crippen molar-refractivity contribution >= 4 is 68.7 Å². The van der Waals surface area contributed by atoms with E-state index >= 15 is 0 Å². The van der Waals surface area contributed by atoms with E-state index in [9.17, 15) is 24.3 Å². The first-order valence-corrected chi connectivity index (χ1v) is 17.2. The number of aromatic amines is 2. The standard InChI is InChI=1S/C41H42N4O8/c1-9-23-20(2)29-17-34-27-13-10-26(39(48)49)38(40(50)53-8)41(27,5)35(45-34)19-30-22(4)25(12-15-37(47)52-7)33(44-30)18-32-24(11-14-36(46)51-6)21(3)28(43-32)16-31(23)42-29/h9-10,13,16-19,38,42,44H,1,11-12,14-15H2,2-8H3,(H,48,49). The molecule has 0 amide bonds. The molecule has 3 aliphatic rings. The molecule has 274 valence electrons. The Bertz CT molecular complexity index is 2370. The van der Waals surface area contributed by atoms with E-state index in [0.29, 0.717) is 52.2 Å². The van der Waals surface area contributed by atoms with E-state index in [1.54, 1.807) is 12.2 Å². The molecule has 3 N–H and O–H groups in total. The lowest BCUT2D eigenvalue weighted by molar-refractivity contribution is -0.148. The van der Waals surface area contributed by atoms with Crippen molar-refractivity contribution in [1.82, 2.24) is 19.9 Å². The summed E-state index contributed by atoms with van der Waals surface area (Å²) in [5, 5.41) is 10.3. The Morgan fingerprint density at radius 2 is 1.43 bits per heavy atom. The largest absolute Gasteiger partial charge is 0.478 e. The highest BCUT2D eigenvalue weighted by Gasteiger charge is 2.53. The molecule has 6 rings (SSSR count). The van der Waals surface area contributed by atoms with Gasteiger partial charge in [0.05, 0.1) is 55.1 Å². The van der Waals surface area contributed by atoms with Gasteiger partial charge in [-0.25, -0.2) is 9.78 Å². The second-order valence-corrected chi connectivity index (χ2v) is 13.5. The van der Waals surface area contributed by atoms with Crippen LogP contribution in [0.3, 0.4) is 0 Å². The van der Waals surface area contributed by atoms with Crippen LogP contribution in [0.2, 0.25) is 0 Å². The van der Waals surface area contributed by atoms with Gasteiger partial charge in [0.1, 0.15) is 5.92 Å². The van der Waals surface area contributed by atoms with E-state index in [4.69, 9.17) is 24.2 Å². The maximum atomic E-state index is 13.5. The van der Waals surface area contributed by atoms with Gasteiger partial charge in [-0.05, 0) is 98.2 Å². The fraction of sp³-hybridized carbons (Fsp3) is 0.317. The van der Waals surface area contributed by atoms with Crippen LogP contribution in [0.1, 0.15) is 78.1 Å². The number of ether oxygens (including phenoxy) is 3. The van der Waals surface area contributed by atoms with Crippen molar-refractivity contribution in [2.75, 3.05) is 21.3 Å². The number of aromatic nitrogens is 4. The summed E-state index contributed by atoms with van der Waals surface area (Å²) in [6.45, 7) is 11.8. The number of carbonyl (C=O) groups is 4. The number of nitrogens with zero attached hydrogens (tertiary/aromatic N) is 2. The minimum absolute atomic E-state index is 0.109. The van der Waals surface area contributed by atoms with Crippen molar-refractivity contribution < 1.29 is 38.5 Å². The quantitative estimate of drug-likeness (QED) is 0.159. The number of carbonyl (C=O) groups excluding carboxylic acids is 3. The van der Waals surface area contributed by atoms with Gasteiger partial charge >= 0.3 is 23.9 Å². The number of hydrogen-bond donors (Lipinski definition) is 3. The summed E-state index contributed by atoms with van der Waals surface area (Å²) in [5.41, 5.74) is 9.69. The predicted molar refractivity (Wildman–Crippen MR) is 201 cm³/mol. The lowest BCUT2D eigenvalue weighted by Crippen LogP contribution is -2.42. The third kappa shape index (κ3) is 6.28. The number of carboxylic acids is 1. The third-order valence-corrected chi connectivity index (χ3v) is 10.8. The van der Waals surface area contributed by atoms with Gasteiger partial charge in [-0.1, -0.05) is 24.8 Å². The minimum Gasteiger partial charge on any atom is -0.478 e. The molecule has 0 aromatic carbocycles. The van der Waals surface area contributed by atoms with Gasteiger partial charge in [-0.2, -0.15) is 0 Å². The molecule has 8 bridgehead atoms. The zero-order chi connectivity index (χ0) is 38.4. The molecule has 5 heterocycles. The van der Waals surface area contributed by atoms with Crippen LogP contribution < -0.4 is 0 Å². The average molecular weight is 719 g/mol. The van der Waals surface area contributed by atoms with E-state index in [1.807, 2.05) is 52.0 Å². The van der Waals surface area contributed by atoms with Crippen molar-refractivity contribution in [3.63, 3.8) is 0 Å². The van der Waals surface area contributed by atoms with Gasteiger partial charge in [0.15, 0.2) is 0 Å². The third-order valence-electron chi connectivity index (χ3n) is 10.8. The van der Waals surface area contributed by atoms with Crippen molar-refractivity contribution in [3.8, 4) is 0 Å². The summed E-state index contributed by atoms with van der Waals surface area (Å²) in [7, 11) is 3.94. The van der Waals surface area contributed by atoms with Gasteiger partial charge < -0.3 is 29.3 Å². The second kappa shape index (κ2) is 14.2. The monoisotopic (exact) mass is 718 g/mol. The number of rotatable bonds is 9. The summed E-state index contributed by atoms with van der Waals surface area (Å²) >= 11 is 0. The number of nitrogens with one attached hydrogen (secondary N) is 2. The normalized spacial score (nSPS) is 17.8. The molecule has 53 heavy (non-hydrogen) atoms. The number of hydrogen-bond acceptors (Lipinski definition) is 9. The topological polar surface area (TPSA) is 174 Å². The zero-order valence-corrected chi connectivity index (χ0v) is 30.9. The molecule has 0 saturated carbocycles. The van der Waals surface area contributed by atoms with Crippen LogP contribution in [-0.2, 0) is 45.2 Å². The Hall–Kier alpha value is -6.04. The van der Waals surface area contributed by atoms with Crippen LogP contribution >= 0.6 is 0 Å². The second-order valence-electron chi connectivity index (χ2n) is 13.5. The number of fused-ring (bicyclic) bond motifs is 11. The van der Waals surface area contributed by atoms with Gasteiger partial charge in [0, 0.05) is 40.5 Å². The van der Waals surface area contributed by atoms with Gasteiger partial charge in [0.25, 0.3) is 0 Å². The van der Waals surface area contributed by atoms with Crippen LogP contribution in [0.15, 0.2) is 48.6 Å². The molecule has 2 aliphatic heterocycles. The molecular formula is C41H42N4O8. The molecular weight excluding hydrogens is 676 g/mol. The Labute approximate surface area is 306 Å². The summed E-state index contributed by atoms with van der Waals surface area (Å²) in [6.07, 6.45) is 5.92. The molecule has 3 aromatic rings. The average Bonchev–Trinajstić information content (AvgIpc) is 3.79. The number of carboxylic acid groups (broad SMARTS) is 1. The molecule has 0 spiro atoms. The first-order chi connectivity index (χ1) is 25.3. The van der Waals surface area contributed by atoms with E-state index in [-0.39, 0.29) is 30.4 Å². The fourth-order valence-corrected chi connectivity index (χ4v) is 7.67. The molecule has 2 unspecified atom stereocenters. The highest BCUT2D eigenvalue weighted by atomic mass is 16.5. The van der Waals surface area contributed by atoms with Crippen molar-refractivity contribution in [3.05, 3.63) is 93.6 Å². The number of allylic oxidation sites excluding steroid dienone is 5. The van der Waals surface area contributed by atoms with Crippen LogP contribution in [0.4, 0.5) is 0 Å². The van der Waals surface area contributed by atoms with E-state index in [0.717, 1.165) is 44.4 Å². The van der Waals surface area contributed by atoms with E-state index < -0.39 is 23.3 Å². The van der Waals surface area contributed by atoms with E-state index in [2.05, 4.69) is 16.5 Å².